The van der Waals surface area contributed by atoms with E-state index in [1.807, 2.05) is 42.5 Å². The lowest BCUT2D eigenvalue weighted by Crippen LogP contribution is -2.54. The van der Waals surface area contributed by atoms with Gasteiger partial charge in [0.2, 0.25) is 0 Å². The molecule has 1 saturated heterocycles. The average molecular weight is 697 g/mol. The smallest absolute Gasteiger partial charge is 0.335 e. The Labute approximate surface area is 258 Å². The van der Waals surface area contributed by atoms with E-state index in [0.717, 1.165) is 16.0 Å². The maximum absolute atomic E-state index is 13.4. The van der Waals surface area contributed by atoms with Crippen LogP contribution >= 0.6 is 43.5 Å². The fraction of sp³-hybridized carbons (Fsp3) is 0.0645. The number of urea groups is 1. The van der Waals surface area contributed by atoms with E-state index in [1.165, 1.54) is 6.08 Å². The summed E-state index contributed by atoms with van der Waals surface area (Å²) in [7, 11) is 0. The molecule has 41 heavy (non-hydrogen) atoms. The average Bonchev–Trinajstić information content (AvgIpc) is 2.96. The highest BCUT2D eigenvalue weighted by Crippen LogP contribution is 2.36. The lowest BCUT2D eigenvalue weighted by molar-refractivity contribution is -0.122. The van der Waals surface area contributed by atoms with E-state index in [2.05, 4.69) is 37.2 Å². The fourth-order valence-electron chi connectivity index (χ4n) is 4.03. The molecule has 0 atom stereocenters. The van der Waals surface area contributed by atoms with Crippen molar-refractivity contribution in [1.29, 1.82) is 0 Å². The number of nitrogens with zero attached hydrogens (tertiary/aromatic N) is 1. The summed E-state index contributed by atoms with van der Waals surface area (Å²) in [6, 6.07) is 26.1. The number of anilines is 1. The SMILES string of the molecule is O=C1NC(=O)N(c2ccc(OCc3ccccc3)cc2)C(=O)/C1=C/c1cc(Br)c(OCc2ccc(Cl)cc2)c(Br)c1. The first kappa shape index (κ1) is 28.6. The predicted molar refractivity (Wildman–Crippen MR) is 164 cm³/mol. The Hall–Kier alpha value is -3.92. The number of halogens is 3. The Morgan fingerprint density at radius 1 is 0.780 bits per heavy atom. The van der Waals surface area contributed by atoms with Gasteiger partial charge in [0.05, 0.1) is 14.6 Å². The maximum atomic E-state index is 13.4. The second-order valence-corrected chi connectivity index (χ2v) is 11.1. The third-order valence-corrected chi connectivity index (χ3v) is 7.50. The van der Waals surface area contributed by atoms with Crippen LogP contribution in [0, 0.1) is 0 Å². The van der Waals surface area contributed by atoms with Gasteiger partial charge in [0, 0.05) is 5.02 Å². The molecule has 0 aliphatic carbocycles. The standard InChI is InChI=1S/C31H21Br2ClN2O5/c32-26-15-21(16-27(33)28(26)41-18-20-6-8-22(34)9-7-20)14-25-29(37)35-31(39)36(30(25)38)23-10-12-24(13-11-23)40-17-19-4-2-1-3-5-19/h1-16H,17-18H2,(H,35,37,39)/b25-14+. The van der Waals surface area contributed by atoms with Gasteiger partial charge >= 0.3 is 6.03 Å². The van der Waals surface area contributed by atoms with Gasteiger partial charge in [-0.15, -0.1) is 0 Å². The zero-order valence-corrected chi connectivity index (χ0v) is 25.2. The first-order chi connectivity index (χ1) is 19.8. The lowest BCUT2D eigenvalue weighted by atomic mass is 10.1. The van der Waals surface area contributed by atoms with E-state index >= 15 is 0 Å². The van der Waals surface area contributed by atoms with E-state index in [0.29, 0.717) is 49.9 Å². The summed E-state index contributed by atoms with van der Waals surface area (Å²) in [5.74, 6) is -0.406. The molecular formula is C31H21Br2ClN2O5. The molecule has 0 radical (unpaired) electrons. The molecule has 0 bridgehead atoms. The monoisotopic (exact) mass is 694 g/mol. The van der Waals surface area contributed by atoms with Gasteiger partial charge in [-0.05, 0) is 103 Å². The van der Waals surface area contributed by atoms with Gasteiger partial charge in [0.25, 0.3) is 11.8 Å². The summed E-state index contributed by atoms with van der Waals surface area (Å²) < 4.78 is 13.0. The second kappa shape index (κ2) is 12.7. The van der Waals surface area contributed by atoms with Crippen molar-refractivity contribution in [2.75, 3.05) is 4.90 Å². The molecule has 5 rings (SSSR count). The minimum absolute atomic E-state index is 0.192. The molecule has 10 heteroatoms. The number of imide groups is 2. The summed E-state index contributed by atoms with van der Waals surface area (Å²) in [6.07, 6.45) is 1.42. The summed E-state index contributed by atoms with van der Waals surface area (Å²) in [5, 5.41) is 2.88. The van der Waals surface area contributed by atoms with E-state index in [-0.39, 0.29) is 5.57 Å². The number of carbonyl (C=O) groups is 3. The summed E-state index contributed by atoms with van der Waals surface area (Å²) in [5.41, 5.74) is 2.59. The zero-order valence-electron chi connectivity index (χ0n) is 21.3. The molecule has 0 unspecified atom stereocenters. The van der Waals surface area contributed by atoms with Gasteiger partial charge in [-0.1, -0.05) is 54.1 Å². The number of benzene rings is 4. The van der Waals surface area contributed by atoms with Crippen molar-refractivity contribution >= 4 is 73.1 Å². The zero-order chi connectivity index (χ0) is 28.9. The first-order valence-electron chi connectivity index (χ1n) is 12.3. The van der Waals surface area contributed by atoms with Crippen LogP contribution < -0.4 is 19.7 Å². The van der Waals surface area contributed by atoms with Crippen LogP contribution in [0.4, 0.5) is 10.5 Å². The molecule has 1 aliphatic heterocycles. The van der Waals surface area contributed by atoms with Crippen LogP contribution in [-0.2, 0) is 22.8 Å². The van der Waals surface area contributed by atoms with Crippen molar-refractivity contribution in [2.45, 2.75) is 13.2 Å². The van der Waals surface area contributed by atoms with Crippen LogP contribution in [0.15, 0.2) is 106 Å². The highest BCUT2D eigenvalue weighted by atomic mass is 79.9. The Morgan fingerprint density at radius 3 is 2.05 bits per heavy atom. The third kappa shape index (κ3) is 6.87. The quantitative estimate of drug-likeness (QED) is 0.151. The normalized spacial score (nSPS) is 14.3. The van der Waals surface area contributed by atoms with Crippen LogP contribution in [0.5, 0.6) is 11.5 Å². The molecule has 7 nitrogen and oxygen atoms in total. The molecule has 1 aliphatic rings. The van der Waals surface area contributed by atoms with Crippen LogP contribution in [0.2, 0.25) is 5.02 Å². The first-order valence-corrected chi connectivity index (χ1v) is 14.3. The minimum atomic E-state index is -0.830. The Balaban J connectivity index is 1.32. The third-order valence-electron chi connectivity index (χ3n) is 6.07. The highest BCUT2D eigenvalue weighted by Gasteiger charge is 2.36. The van der Waals surface area contributed by atoms with Crippen molar-refractivity contribution in [3.63, 3.8) is 0 Å². The summed E-state index contributed by atoms with van der Waals surface area (Å²) >= 11 is 13.0. The predicted octanol–water partition coefficient (Wildman–Crippen LogP) is 7.69. The van der Waals surface area contributed by atoms with E-state index in [4.69, 9.17) is 21.1 Å². The summed E-state index contributed by atoms with van der Waals surface area (Å²) in [6.45, 7) is 0.684. The lowest BCUT2D eigenvalue weighted by Gasteiger charge is -2.26. The minimum Gasteiger partial charge on any atom is -0.489 e. The largest absolute Gasteiger partial charge is 0.489 e. The van der Waals surface area contributed by atoms with Crippen molar-refractivity contribution in [2.24, 2.45) is 0 Å². The van der Waals surface area contributed by atoms with E-state index < -0.39 is 17.8 Å². The highest BCUT2D eigenvalue weighted by molar-refractivity contribution is 9.11. The maximum Gasteiger partial charge on any atom is 0.335 e. The van der Waals surface area contributed by atoms with Gasteiger partial charge in [-0.25, -0.2) is 9.69 Å². The molecule has 1 heterocycles. The topological polar surface area (TPSA) is 84.9 Å². The van der Waals surface area contributed by atoms with Gasteiger partial charge in [-0.3, -0.25) is 14.9 Å². The van der Waals surface area contributed by atoms with Crippen LogP contribution in [-0.4, -0.2) is 17.8 Å². The number of amides is 4. The van der Waals surface area contributed by atoms with Crippen molar-refractivity contribution in [3.05, 3.63) is 127 Å². The number of carbonyl (C=O) groups excluding carboxylic acids is 3. The molecule has 1 fully saturated rings. The number of nitrogens with one attached hydrogen (secondary N) is 1. The Bertz CT molecular complexity index is 1620. The van der Waals surface area contributed by atoms with Crippen LogP contribution in [0.1, 0.15) is 16.7 Å². The van der Waals surface area contributed by atoms with Gasteiger partial charge in [0.15, 0.2) is 0 Å². The van der Waals surface area contributed by atoms with E-state index in [1.54, 1.807) is 48.5 Å². The molecule has 206 valence electrons. The van der Waals surface area contributed by atoms with Gasteiger partial charge in [-0.2, -0.15) is 0 Å². The van der Waals surface area contributed by atoms with Gasteiger partial charge in [0.1, 0.15) is 30.3 Å². The Kier molecular flexibility index (Phi) is 8.87. The summed E-state index contributed by atoms with van der Waals surface area (Å²) in [4.78, 5) is 39.6. The van der Waals surface area contributed by atoms with Crippen LogP contribution in [0.3, 0.4) is 0 Å². The fourth-order valence-corrected chi connectivity index (χ4v) is 5.60. The molecule has 4 aromatic rings. The molecule has 4 aromatic carbocycles. The van der Waals surface area contributed by atoms with Gasteiger partial charge < -0.3 is 9.47 Å². The molecule has 0 spiro atoms. The number of rotatable bonds is 8. The van der Waals surface area contributed by atoms with Crippen molar-refractivity contribution in [3.8, 4) is 11.5 Å². The Morgan fingerprint density at radius 2 is 1.39 bits per heavy atom. The molecular weight excluding hydrogens is 676 g/mol. The second-order valence-electron chi connectivity index (χ2n) is 8.95. The number of barbiturate groups is 1. The number of hydrogen-bond acceptors (Lipinski definition) is 5. The molecule has 0 aromatic heterocycles. The van der Waals surface area contributed by atoms with Crippen molar-refractivity contribution < 1.29 is 23.9 Å². The molecule has 4 amide bonds. The molecule has 0 saturated carbocycles. The van der Waals surface area contributed by atoms with Crippen LogP contribution in [0.25, 0.3) is 6.08 Å². The molecule has 1 N–H and O–H groups in total. The number of hydrogen-bond donors (Lipinski definition) is 1. The van der Waals surface area contributed by atoms with E-state index in [9.17, 15) is 14.4 Å². The van der Waals surface area contributed by atoms with Crippen molar-refractivity contribution in [1.82, 2.24) is 5.32 Å². The number of ether oxygens (including phenoxy) is 2.